The quantitative estimate of drug-likeness (QED) is 0.0246. The number of allylic oxidation sites excluding steroid dienone is 10. The first-order chi connectivity index (χ1) is 29.0. The minimum absolute atomic E-state index is 0.0488. The largest absolute Gasteiger partial charge is 0.462 e. The summed E-state index contributed by atoms with van der Waals surface area (Å²) in [5.41, 5.74) is 0. The molecule has 0 aliphatic rings. The van der Waals surface area contributed by atoms with E-state index < -0.39 is 18.2 Å². The number of carbonyl (C=O) groups excluding carboxylic acids is 2. The number of unbranched alkanes of at least 4 members (excludes halogenated alkanes) is 25. The average molecular weight is 826 g/mol. The van der Waals surface area contributed by atoms with Crippen LogP contribution < -0.4 is 5.32 Å². The molecule has 0 aromatic rings. The van der Waals surface area contributed by atoms with Crippen LogP contribution >= 0.6 is 0 Å². The van der Waals surface area contributed by atoms with Crippen molar-refractivity contribution in [3.05, 3.63) is 60.8 Å². The molecule has 0 aromatic carbocycles. The van der Waals surface area contributed by atoms with Crippen LogP contribution in [0.5, 0.6) is 0 Å². The second-order valence-corrected chi connectivity index (χ2v) is 17.0. The van der Waals surface area contributed by atoms with Crippen molar-refractivity contribution in [1.29, 1.82) is 0 Å². The maximum absolute atomic E-state index is 13.2. The van der Waals surface area contributed by atoms with Gasteiger partial charge in [-0.1, -0.05) is 210 Å². The van der Waals surface area contributed by atoms with Crippen LogP contribution in [0.3, 0.4) is 0 Å². The summed E-state index contributed by atoms with van der Waals surface area (Å²) in [5, 5.41) is 23.6. The van der Waals surface area contributed by atoms with E-state index in [-0.39, 0.29) is 24.9 Å². The SMILES string of the molecule is CCCCC/C=C/C=C/C=C/C=C/CCCCCC(CC(=O)NC(CO)C(O)CCCCCCCCCCC)OC(=O)CCCCCCCCC/C=C\CCCCCC. The van der Waals surface area contributed by atoms with Crippen LogP contribution in [0.25, 0.3) is 0 Å². The molecule has 0 rings (SSSR count). The Morgan fingerprint density at radius 1 is 0.492 bits per heavy atom. The molecule has 0 fully saturated rings. The highest BCUT2D eigenvalue weighted by atomic mass is 16.5. The maximum Gasteiger partial charge on any atom is 0.306 e. The summed E-state index contributed by atoms with van der Waals surface area (Å²) in [5.74, 6) is -0.518. The highest BCUT2D eigenvalue weighted by Crippen LogP contribution is 2.17. The predicted molar refractivity (Wildman–Crippen MR) is 255 cm³/mol. The van der Waals surface area contributed by atoms with E-state index in [1.807, 2.05) is 6.08 Å². The Morgan fingerprint density at radius 3 is 1.42 bits per heavy atom. The Labute approximate surface area is 365 Å². The van der Waals surface area contributed by atoms with Gasteiger partial charge in [0, 0.05) is 6.42 Å². The van der Waals surface area contributed by atoms with E-state index in [2.05, 4.69) is 80.8 Å². The van der Waals surface area contributed by atoms with E-state index in [1.54, 1.807) is 0 Å². The molecule has 0 heterocycles. The Hall–Kier alpha value is -2.44. The molecule has 3 atom stereocenters. The highest BCUT2D eigenvalue weighted by Gasteiger charge is 2.24. The lowest BCUT2D eigenvalue weighted by Gasteiger charge is -2.24. The second-order valence-electron chi connectivity index (χ2n) is 17.0. The van der Waals surface area contributed by atoms with E-state index in [4.69, 9.17) is 4.74 Å². The summed E-state index contributed by atoms with van der Waals surface area (Å²) in [6.07, 6.45) is 57.0. The number of hydrogen-bond acceptors (Lipinski definition) is 5. The fraction of sp³-hybridized carbons (Fsp3) is 0.774. The summed E-state index contributed by atoms with van der Waals surface area (Å²) in [6, 6.07) is -0.715. The van der Waals surface area contributed by atoms with Gasteiger partial charge in [-0.3, -0.25) is 9.59 Å². The minimum Gasteiger partial charge on any atom is -0.462 e. The van der Waals surface area contributed by atoms with E-state index in [0.29, 0.717) is 19.3 Å². The number of amides is 1. The molecule has 0 saturated carbocycles. The normalized spacial score (nSPS) is 13.8. The average Bonchev–Trinajstić information content (AvgIpc) is 3.23. The van der Waals surface area contributed by atoms with Gasteiger partial charge < -0.3 is 20.3 Å². The van der Waals surface area contributed by atoms with Gasteiger partial charge in [0.25, 0.3) is 0 Å². The molecular formula is C53H95NO5. The zero-order valence-corrected chi connectivity index (χ0v) is 38.9. The highest BCUT2D eigenvalue weighted by molar-refractivity contribution is 5.77. The first-order valence-corrected chi connectivity index (χ1v) is 25.1. The number of rotatable bonds is 44. The van der Waals surface area contributed by atoms with Gasteiger partial charge in [0.15, 0.2) is 0 Å². The van der Waals surface area contributed by atoms with Crippen molar-refractivity contribution in [1.82, 2.24) is 5.32 Å². The van der Waals surface area contributed by atoms with E-state index in [1.165, 1.54) is 122 Å². The van der Waals surface area contributed by atoms with Crippen molar-refractivity contribution in [2.24, 2.45) is 0 Å². The Kier molecular flexibility index (Phi) is 44.7. The lowest BCUT2D eigenvalue weighted by atomic mass is 10.0. The number of ether oxygens (including phenoxy) is 1. The van der Waals surface area contributed by atoms with Gasteiger partial charge in [-0.2, -0.15) is 0 Å². The molecule has 6 nitrogen and oxygen atoms in total. The summed E-state index contributed by atoms with van der Waals surface area (Å²) >= 11 is 0. The standard InChI is InChI=1S/C53H95NO5/c1-4-7-10-13-16-19-21-23-25-27-28-30-33-35-38-41-44-49(47-52(57)54-50(48-55)51(56)45-42-39-36-32-18-15-12-9-6-3)59-53(58)46-43-40-37-34-31-29-26-24-22-20-17-14-11-8-5-2/h16,19-23,25,27-28,30,49-51,55-56H,4-15,17-18,24,26,29,31-48H2,1-3H3,(H,54,57)/b19-16+,22-20-,23-21+,27-25+,30-28+. The molecule has 3 N–H and O–H groups in total. The fourth-order valence-corrected chi connectivity index (χ4v) is 7.32. The maximum atomic E-state index is 13.2. The van der Waals surface area contributed by atoms with Crippen LogP contribution in [0.2, 0.25) is 0 Å². The third kappa shape index (κ3) is 42.1. The Morgan fingerprint density at radius 2 is 0.881 bits per heavy atom. The number of hydrogen-bond donors (Lipinski definition) is 3. The van der Waals surface area contributed by atoms with Crippen molar-refractivity contribution < 1.29 is 24.5 Å². The van der Waals surface area contributed by atoms with Crippen LogP contribution in [0.15, 0.2) is 60.8 Å². The molecule has 0 aliphatic carbocycles. The fourth-order valence-electron chi connectivity index (χ4n) is 7.32. The summed E-state index contributed by atoms with van der Waals surface area (Å²) < 4.78 is 5.91. The van der Waals surface area contributed by atoms with Gasteiger partial charge in [-0.15, -0.1) is 0 Å². The Bertz CT molecular complexity index is 1060. The van der Waals surface area contributed by atoms with Crippen LogP contribution in [0.4, 0.5) is 0 Å². The van der Waals surface area contributed by atoms with Gasteiger partial charge in [-0.05, 0) is 77.0 Å². The molecule has 1 amide bonds. The van der Waals surface area contributed by atoms with Crippen molar-refractivity contribution >= 4 is 11.9 Å². The van der Waals surface area contributed by atoms with E-state index in [0.717, 1.165) is 70.6 Å². The molecule has 0 aliphatic heterocycles. The van der Waals surface area contributed by atoms with Gasteiger partial charge in [0.1, 0.15) is 6.10 Å². The zero-order chi connectivity index (χ0) is 43.1. The minimum atomic E-state index is -0.799. The molecule has 0 spiro atoms. The van der Waals surface area contributed by atoms with Gasteiger partial charge in [0.05, 0.1) is 25.2 Å². The smallest absolute Gasteiger partial charge is 0.306 e. The summed E-state index contributed by atoms with van der Waals surface area (Å²) in [6.45, 7) is 6.40. The molecule has 59 heavy (non-hydrogen) atoms. The number of aliphatic hydroxyl groups is 2. The first-order valence-electron chi connectivity index (χ1n) is 25.1. The number of nitrogens with one attached hydrogen (secondary N) is 1. The van der Waals surface area contributed by atoms with E-state index >= 15 is 0 Å². The topological polar surface area (TPSA) is 95.9 Å². The molecule has 342 valence electrons. The van der Waals surface area contributed by atoms with Gasteiger partial charge >= 0.3 is 5.97 Å². The molecular weight excluding hydrogens is 731 g/mol. The van der Waals surface area contributed by atoms with Crippen LogP contribution in [0.1, 0.15) is 239 Å². The second kappa shape index (κ2) is 46.6. The van der Waals surface area contributed by atoms with Gasteiger partial charge in [0.2, 0.25) is 5.91 Å². The molecule has 0 bridgehead atoms. The van der Waals surface area contributed by atoms with Crippen LogP contribution in [0, 0.1) is 0 Å². The third-order valence-corrected chi connectivity index (χ3v) is 11.2. The van der Waals surface area contributed by atoms with Crippen molar-refractivity contribution in [3.8, 4) is 0 Å². The van der Waals surface area contributed by atoms with E-state index in [9.17, 15) is 19.8 Å². The molecule has 0 radical (unpaired) electrons. The molecule has 6 heteroatoms. The van der Waals surface area contributed by atoms with Crippen LogP contribution in [-0.2, 0) is 14.3 Å². The molecule has 0 aromatic heterocycles. The van der Waals surface area contributed by atoms with Gasteiger partial charge in [-0.25, -0.2) is 0 Å². The lowest BCUT2D eigenvalue weighted by Crippen LogP contribution is -2.46. The lowest BCUT2D eigenvalue weighted by molar-refractivity contribution is -0.151. The predicted octanol–water partition coefficient (Wildman–Crippen LogP) is 14.8. The zero-order valence-electron chi connectivity index (χ0n) is 38.9. The third-order valence-electron chi connectivity index (χ3n) is 11.2. The number of aliphatic hydroxyl groups excluding tert-OH is 2. The Balaban J connectivity index is 4.69. The first kappa shape index (κ1) is 56.6. The number of esters is 1. The van der Waals surface area contributed by atoms with Crippen LogP contribution in [-0.4, -0.2) is 46.9 Å². The molecule has 3 unspecified atom stereocenters. The van der Waals surface area contributed by atoms with Crippen molar-refractivity contribution in [3.63, 3.8) is 0 Å². The molecule has 0 saturated heterocycles. The van der Waals surface area contributed by atoms with Crippen molar-refractivity contribution in [2.75, 3.05) is 6.61 Å². The van der Waals surface area contributed by atoms with Crippen molar-refractivity contribution in [2.45, 2.75) is 257 Å². The summed E-state index contributed by atoms with van der Waals surface area (Å²) in [7, 11) is 0. The summed E-state index contributed by atoms with van der Waals surface area (Å²) in [4.78, 5) is 26.1. The number of carbonyl (C=O) groups is 2. The monoisotopic (exact) mass is 826 g/mol.